The van der Waals surface area contributed by atoms with Crippen LogP contribution in [0.15, 0.2) is 30.6 Å². The van der Waals surface area contributed by atoms with Gasteiger partial charge in [0.25, 0.3) is 0 Å². The molecule has 0 saturated heterocycles. The van der Waals surface area contributed by atoms with E-state index >= 15 is 0 Å². The number of hydrogen-bond acceptors (Lipinski definition) is 4. The van der Waals surface area contributed by atoms with Crippen LogP contribution >= 0.6 is 11.6 Å². The molecule has 0 aromatic heterocycles. The SMILES string of the molecule is O=Cc1cc(Cl)ccc1N1C=CNN1. The molecule has 0 spiro atoms. The molecule has 0 fully saturated rings. The van der Waals surface area contributed by atoms with Crippen LogP contribution in [-0.2, 0) is 0 Å². The molecular weight excluding hydrogens is 202 g/mol. The van der Waals surface area contributed by atoms with Crippen molar-refractivity contribution < 1.29 is 4.79 Å². The Morgan fingerprint density at radius 3 is 2.93 bits per heavy atom. The van der Waals surface area contributed by atoms with Crippen molar-refractivity contribution in [3.63, 3.8) is 0 Å². The summed E-state index contributed by atoms with van der Waals surface area (Å²) < 4.78 is 0. The molecule has 4 nitrogen and oxygen atoms in total. The molecule has 1 aromatic carbocycles. The van der Waals surface area contributed by atoms with Crippen LogP contribution in [0.5, 0.6) is 0 Å². The molecule has 2 N–H and O–H groups in total. The molecule has 0 saturated carbocycles. The number of anilines is 1. The summed E-state index contributed by atoms with van der Waals surface area (Å²) in [5, 5.41) is 2.24. The van der Waals surface area contributed by atoms with Crippen molar-refractivity contribution in [3.8, 4) is 0 Å². The van der Waals surface area contributed by atoms with Crippen LogP contribution in [0.25, 0.3) is 0 Å². The molecule has 14 heavy (non-hydrogen) atoms. The minimum Gasteiger partial charge on any atom is -0.309 e. The van der Waals surface area contributed by atoms with Crippen LogP contribution in [0, 0.1) is 0 Å². The molecule has 0 amide bonds. The number of benzene rings is 1. The van der Waals surface area contributed by atoms with Gasteiger partial charge in [0.1, 0.15) is 0 Å². The van der Waals surface area contributed by atoms with Crippen molar-refractivity contribution >= 4 is 23.6 Å². The third kappa shape index (κ3) is 1.57. The van der Waals surface area contributed by atoms with E-state index in [1.807, 2.05) is 0 Å². The smallest absolute Gasteiger partial charge is 0.152 e. The van der Waals surface area contributed by atoms with Gasteiger partial charge >= 0.3 is 0 Å². The Morgan fingerprint density at radius 1 is 1.43 bits per heavy atom. The first-order valence-electron chi connectivity index (χ1n) is 4.03. The van der Waals surface area contributed by atoms with Crippen LogP contribution in [0.3, 0.4) is 0 Å². The van der Waals surface area contributed by atoms with E-state index in [9.17, 15) is 4.79 Å². The molecule has 5 heteroatoms. The molecule has 0 aliphatic carbocycles. The molecule has 0 unspecified atom stereocenters. The fourth-order valence-electron chi connectivity index (χ4n) is 1.24. The Balaban J connectivity index is 2.41. The topological polar surface area (TPSA) is 44.4 Å². The lowest BCUT2D eigenvalue weighted by Crippen LogP contribution is -2.35. The van der Waals surface area contributed by atoms with Crippen molar-refractivity contribution in [3.05, 3.63) is 41.2 Å². The Hall–Kier alpha value is -1.52. The minimum absolute atomic E-state index is 0.540. The van der Waals surface area contributed by atoms with E-state index in [1.165, 1.54) is 0 Å². The first-order chi connectivity index (χ1) is 6.81. The summed E-state index contributed by atoms with van der Waals surface area (Å²) in [4.78, 5) is 10.8. The van der Waals surface area contributed by atoms with Gasteiger partial charge in [-0.05, 0) is 18.2 Å². The third-order valence-electron chi connectivity index (χ3n) is 1.87. The molecule has 0 radical (unpaired) electrons. The van der Waals surface area contributed by atoms with Crippen LogP contribution in [0.1, 0.15) is 10.4 Å². The Bertz CT molecular complexity index is 392. The molecule has 0 atom stereocenters. The van der Waals surface area contributed by atoms with Crippen molar-refractivity contribution in [2.75, 3.05) is 5.01 Å². The number of nitrogens with zero attached hydrogens (tertiary/aromatic N) is 1. The third-order valence-corrected chi connectivity index (χ3v) is 2.10. The summed E-state index contributed by atoms with van der Waals surface area (Å²) in [5.74, 6) is 0. The lowest BCUT2D eigenvalue weighted by Gasteiger charge is -2.17. The molecule has 1 heterocycles. The van der Waals surface area contributed by atoms with Gasteiger partial charge in [-0.3, -0.25) is 9.80 Å². The number of carbonyl (C=O) groups is 1. The van der Waals surface area contributed by atoms with E-state index in [1.54, 1.807) is 35.6 Å². The van der Waals surface area contributed by atoms with Gasteiger partial charge in [-0.1, -0.05) is 11.6 Å². The fraction of sp³-hybridized carbons (Fsp3) is 0. The van der Waals surface area contributed by atoms with E-state index < -0.39 is 0 Å². The predicted molar refractivity (Wildman–Crippen MR) is 54.7 cm³/mol. The zero-order valence-electron chi connectivity index (χ0n) is 7.20. The molecule has 1 aromatic rings. The first kappa shape index (κ1) is 9.05. The molecule has 1 aliphatic rings. The minimum atomic E-state index is 0.540. The second kappa shape index (κ2) is 3.69. The summed E-state index contributed by atoms with van der Waals surface area (Å²) in [6, 6.07) is 5.13. The maximum Gasteiger partial charge on any atom is 0.152 e. The highest BCUT2D eigenvalue weighted by atomic mass is 35.5. The monoisotopic (exact) mass is 209 g/mol. The Morgan fingerprint density at radius 2 is 2.29 bits per heavy atom. The van der Waals surface area contributed by atoms with Gasteiger partial charge < -0.3 is 5.43 Å². The zero-order chi connectivity index (χ0) is 9.97. The van der Waals surface area contributed by atoms with Crippen molar-refractivity contribution in [2.45, 2.75) is 0 Å². The number of halogens is 1. The molecular formula is C9H8ClN3O. The average molecular weight is 210 g/mol. The van der Waals surface area contributed by atoms with Gasteiger partial charge in [0.05, 0.1) is 5.69 Å². The van der Waals surface area contributed by atoms with Crippen LogP contribution in [-0.4, -0.2) is 6.29 Å². The molecule has 0 bridgehead atoms. The van der Waals surface area contributed by atoms with Crippen molar-refractivity contribution in [1.29, 1.82) is 0 Å². The van der Waals surface area contributed by atoms with Gasteiger partial charge in [-0.2, -0.15) is 0 Å². The summed E-state index contributed by atoms with van der Waals surface area (Å²) in [7, 11) is 0. The highest BCUT2D eigenvalue weighted by molar-refractivity contribution is 6.31. The summed E-state index contributed by atoms with van der Waals surface area (Å²) in [6.07, 6.45) is 4.27. The number of hydrogen-bond donors (Lipinski definition) is 2. The highest BCUT2D eigenvalue weighted by Gasteiger charge is 2.10. The van der Waals surface area contributed by atoms with Gasteiger partial charge in [0.15, 0.2) is 6.29 Å². The summed E-state index contributed by atoms with van der Waals surface area (Å²) in [5.41, 5.74) is 6.92. The maximum atomic E-state index is 10.8. The first-order valence-corrected chi connectivity index (χ1v) is 4.41. The van der Waals surface area contributed by atoms with Gasteiger partial charge in [-0.25, -0.2) is 0 Å². The van der Waals surface area contributed by atoms with Gasteiger partial charge in [0.2, 0.25) is 0 Å². The second-order valence-electron chi connectivity index (χ2n) is 2.76. The Labute approximate surface area is 86.1 Å². The van der Waals surface area contributed by atoms with E-state index in [2.05, 4.69) is 11.0 Å². The largest absolute Gasteiger partial charge is 0.309 e. The molecule has 72 valence electrons. The van der Waals surface area contributed by atoms with E-state index in [0.29, 0.717) is 10.6 Å². The summed E-state index contributed by atoms with van der Waals surface area (Å²) >= 11 is 5.77. The lowest BCUT2D eigenvalue weighted by atomic mass is 10.2. The number of rotatable bonds is 2. The van der Waals surface area contributed by atoms with E-state index in [4.69, 9.17) is 11.6 Å². The number of nitrogens with one attached hydrogen (secondary N) is 2. The van der Waals surface area contributed by atoms with Crippen LogP contribution < -0.4 is 16.0 Å². The molecule has 1 aliphatic heterocycles. The zero-order valence-corrected chi connectivity index (χ0v) is 7.95. The fourth-order valence-corrected chi connectivity index (χ4v) is 1.42. The van der Waals surface area contributed by atoms with Crippen LogP contribution in [0.4, 0.5) is 5.69 Å². The highest BCUT2D eigenvalue weighted by Crippen LogP contribution is 2.22. The quantitative estimate of drug-likeness (QED) is 0.724. The van der Waals surface area contributed by atoms with E-state index in [0.717, 1.165) is 12.0 Å². The Kier molecular flexibility index (Phi) is 2.39. The molecule has 2 rings (SSSR count). The standard InChI is InChI=1S/C9H8ClN3O/c10-8-1-2-9(7(5-8)6-14)13-4-3-11-12-13/h1-6,11-12H. The number of carbonyl (C=O) groups excluding carboxylic acids is 1. The number of aldehydes is 1. The summed E-state index contributed by atoms with van der Waals surface area (Å²) in [6.45, 7) is 0. The second-order valence-corrected chi connectivity index (χ2v) is 3.20. The van der Waals surface area contributed by atoms with Crippen molar-refractivity contribution in [1.82, 2.24) is 11.0 Å². The van der Waals surface area contributed by atoms with Crippen LogP contribution in [0.2, 0.25) is 5.02 Å². The average Bonchev–Trinajstić information content (AvgIpc) is 2.70. The van der Waals surface area contributed by atoms with E-state index in [-0.39, 0.29) is 0 Å². The number of hydrazine groups is 2. The van der Waals surface area contributed by atoms with Gasteiger partial charge in [-0.15, -0.1) is 5.53 Å². The maximum absolute atomic E-state index is 10.8. The normalized spacial score (nSPS) is 14.2. The predicted octanol–water partition coefficient (Wildman–Crippen LogP) is 1.45. The van der Waals surface area contributed by atoms with Crippen molar-refractivity contribution in [2.24, 2.45) is 0 Å². The lowest BCUT2D eigenvalue weighted by molar-refractivity contribution is 0.112. The van der Waals surface area contributed by atoms with Gasteiger partial charge in [0, 0.05) is 23.0 Å².